The molecule has 1 unspecified atom stereocenters. The first kappa shape index (κ1) is 24.2. The molecule has 4 rings (SSSR count). The van der Waals surface area contributed by atoms with Gasteiger partial charge in [-0.2, -0.15) is 0 Å². The summed E-state index contributed by atoms with van der Waals surface area (Å²) in [6, 6.07) is 0. The second-order valence-corrected chi connectivity index (χ2v) is 12.1. The molecule has 1 N–H and O–H groups in total. The van der Waals surface area contributed by atoms with Gasteiger partial charge in [-0.3, -0.25) is 0 Å². The molecule has 0 aromatic heterocycles. The van der Waals surface area contributed by atoms with Crippen LogP contribution in [0, 0.1) is 23.2 Å². The maximum Gasteiger partial charge on any atom is 0.181 e. The van der Waals surface area contributed by atoms with Crippen LogP contribution in [-0.4, -0.2) is 29.7 Å². The summed E-state index contributed by atoms with van der Waals surface area (Å²) in [5, 5.41) is 10.1. The van der Waals surface area contributed by atoms with E-state index >= 15 is 0 Å². The van der Waals surface area contributed by atoms with E-state index in [1.54, 1.807) is 5.57 Å². The Morgan fingerprint density at radius 3 is 2.75 bits per heavy atom. The number of fused-ring (bicyclic) bond motifs is 1. The van der Waals surface area contributed by atoms with Gasteiger partial charge in [0.05, 0.1) is 11.7 Å². The molecule has 0 radical (unpaired) electrons. The van der Waals surface area contributed by atoms with Gasteiger partial charge in [0.15, 0.2) is 6.29 Å². The van der Waals surface area contributed by atoms with Crippen LogP contribution in [0.15, 0.2) is 35.5 Å². The molecule has 0 bridgehead atoms. The van der Waals surface area contributed by atoms with Crippen LogP contribution in [0.25, 0.3) is 0 Å². The van der Waals surface area contributed by atoms with Crippen molar-refractivity contribution in [2.75, 3.05) is 6.61 Å². The fourth-order valence-corrected chi connectivity index (χ4v) is 7.10. The van der Waals surface area contributed by atoms with Gasteiger partial charge in [-0.1, -0.05) is 56.6 Å². The lowest BCUT2D eigenvalue weighted by molar-refractivity contribution is -0.0170. The van der Waals surface area contributed by atoms with Crippen LogP contribution >= 0.6 is 0 Å². The minimum Gasteiger partial charge on any atom is -0.390 e. The smallest absolute Gasteiger partial charge is 0.181 e. The molecule has 3 aliphatic carbocycles. The van der Waals surface area contributed by atoms with Crippen LogP contribution in [0.1, 0.15) is 98.3 Å². The SMILES string of the molecule is C=C1CC[C@H](OC2CO2)C/C1=C\C=C1/CCC[C@]2(C)[C@@H]([C@H](C)CCCC(C)(C)O)CC[C@@H]12. The minimum absolute atomic E-state index is 0.0471. The maximum atomic E-state index is 10.1. The quantitative estimate of drug-likeness (QED) is 0.407. The predicted molar refractivity (Wildman–Crippen MR) is 131 cm³/mol. The molecule has 4 fully saturated rings. The summed E-state index contributed by atoms with van der Waals surface area (Å²) in [4.78, 5) is 0. The van der Waals surface area contributed by atoms with Gasteiger partial charge in [-0.25, -0.2) is 0 Å². The Bertz CT molecular complexity index is 738. The molecule has 0 aromatic carbocycles. The zero-order valence-electron chi connectivity index (χ0n) is 21.0. The minimum atomic E-state index is -0.533. The lowest BCUT2D eigenvalue weighted by atomic mass is 9.60. The van der Waals surface area contributed by atoms with Crippen molar-refractivity contribution in [3.63, 3.8) is 0 Å². The van der Waals surface area contributed by atoms with Crippen molar-refractivity contribution in [3.8, 4) is 0 Å². The molecule has 1 saturated heterocycles. The Labute approximate surface area is 196 Å². The van der Waals surface area contributed by atoms with E-state index in [1.807, 2.05) is 13.8 Å². The van der Waals surface area contributed by atoms with Crippen molar-refractivity contribution in [1.82, 2.24) is 0 Å². The third-order valence-electron chi connectivity index (χ3n) is 8.99. The van der Waals surface area contributed by atoms with E-state index < -0.39 is 5.60 Å². The van der Waals surface area contributed by atoms with Crippen molar-refractivity contribution in [2.45, 2.75) is 116 Å². The van der Waals surface area contributed by atoms with E-state index in [0.717, 1.165) is 56.5 Å². The van der Waals surface area contributed by atoms with E-state index in [2.05, 4.69) is 32.6 Å². The number of aliphatic hydroxyl groups is 1. The molecule has 6 atom stereocenters. The number of hydrogen-bond acceptors (Lipinski definition) is 3. The largest absolute Gasteiger partial charge is 0.390 e. The fourth-order valence-electron chi connectivity index (χ4n) is 7.10. The van der Waals surface area contributed by atoms with E-state index in [-0.39, 0.29) is 12.4 Å². The van der Waals surface area contributed by atoms with Gasteiger partial charge in [0.2, 0.25) is 0 Å². The molecule has 32 heavy (non-hydrogen) atoms. The molecule has 0 spiro atoms. The Hall–Kier alpha value is -0.900. The Kier molecular flexibility index (Phi) is 7.39. The predicted octanol–water partition coefficient (Wildman–Crippen LogP) is 7.11. The number of ether oxygens (including phenoxy) is 2. The Morgan fingerprint density at radius 1 is 1.25 bits per heavy atom. The van der Waals surface area contributed by atoms with Crippen molar-refractivity contribution >= 4 is 0 Å². The molecule has 3 nitrogen and oxygen atoms in total. The van der Waals surface area contributed by atoms with Gasteiger partial charge in [0, 0.05) is 0 Å². The van der Waals surface area contributed by atoms with Crippen LogP contribution in [0.4, 0.5) is 0 Å². The first-order valence-electron chi connectivity index (χ1n) is 13.2. The number of hydrogen-bond donors (Lipinski definition) is 1. The van der Waals surface area contributed by atoms with Gasteiger partial charge in [-0.15, -0.1) is 0 Å². The highest BCUT2D eigenvalue weighted by molar-refractivity contribution is 5.36. The van der Waals surface area contributed by atoms with Crippen LogP contribution in [0.3, 0.4) is 0 Å². The molecule has 3 heteroatoms. The van der Waals surface area contributed by atoms with E-state index in [4.69, 9.17) is 9.47 Å². The molecular weight excluding hydrogens is 396 g/mol. The zero-order valence-corrected chi connectivity index (χ0v) is 21.0. The first-order valence-corrected chi connectivity index (χ1v) is 13.2. The van der Waals surface area contributed by atoms with Crippen LogP contribution < -0.4 is 0 Å². The fraction of sp³-hybridized carbons (Fsp3) is 0.793. The van der Waals surface area contributed by atoms with Crippen molar-refractivity contribution in [3.05, 3.63) is 35.5 Å². The summed E-state index contributed by atoms with van der Waals surface area (Å²) in [6.45, 7) is 14.0. The van der Waals surface area contributed by atoms with Gasteiger partial charge >= 0.3 is 0 Å². The average molecular weight is 443 g/mol. The zero-order chi connectivity index (χ0) is 22.9. The number of allylic oxidation sites excluding steroid dienone is 4. The molecule has 1 aliphatic heterocycles. The topological polar surface area (TPSA) is 42.0 Å². The number of rotatable bonds is 8. The van der Waals surface area contributed by atoms with Crippen molar-refractivity contribution in [1.29, 1.82) is 0 Å². The molecule has 0 amide bonds. The van der Waals surface area contributed by atoms with E-state index in [9.17, 15) is 5.11 Å². The summed E-state index contributed by atoms with van der Waals surface area (Å²) in [5.41, 5.74) is 4.27. The molecule has 0 aromatic rings. The molecular formula is C29H46O3. The third kappa shape index (κ3) is 5.77. The second-order valence-electron chi connectivity index (χ2n) is 12.1. The lowest BCUT2D eigenvalue weighted by Crippen LogP contribution is -2.36. The summed E-state index contributed by atoms with van der Waals surface area (Å²) in [6.07, 6.45) is 18.2. The summed E-state index contributed by atoms with van der Waals surface area (Å²) >= 11 is 0. The van der Waals surface area contributed by atoms with E-state index in [1.165, 1.54) is 49.7 Å². The van der Waals surface area contributed by atoms with Gasteiger partial charge in [0.25, 0.3) is 0 Å². The monoisotopic (exact) mass is 442 g/mol. The second kappa shape index (κ2) is 9.76. The van der Waals surface area contributed by atoms with E-state index in [0.29, 0.717) is 5.41 Å². The third-order valence-corrected chi connectivity index (χ3v) is 8.99. The highest BCUT2D eigenvalue weighted by Gasteiger charge is 2.50. The van der Waals surface area contributed by atoms with Crippen molar-refractivity contribution in [2.24, 2.45) is 23.2 Å². The molecule has 4 aliphatic rings. The van der Waals surface area contributed by atoms with Crippen LogP contribution in [0.2, 0.25) is 0 Å². The Morgan fingerprint density at radius 2 is 2.03 bits per heavy atom. The Balaban J connectivity index is 1.41. The maximum absolute atomic E-state index is 10.1. The highest BCUT2D eigenvalue weighted by atomic mass is 16.8. The van der Waals surface area contributed by atoms with Gasteiger partial charge in [0.1, 0.15) is 6.61 Å². The van der Waals surface area contributed by atoms with Crippen molar-refractivity contribution < 1.29 is 14.6 Å². The van der Waals surface area contributed by atoms with Crippen LogP contribution in [-0.2, 0) is 9.47 Å². The summed E-state index contributed by atoms with van der Waals surface area (Å²) < 4.78 is 11.3. The first-order chi connectivity index (χ1) is 15.2. The van der Waals surface area contributed by atoms with Gasteiger partial charge in [-0.05, 0) is 100 Å². The molecule has 180 valence electrons. The standard InChI is InChI=1S/C29H46O3/c1-20-10-13-24(32-27-19-31-27)18-23(20)12-11-22-9-7-17-29(5)25(14-15-26(22)29)21(2)8-6-16-28(3,4)30/h11-12,21,24-27,30H,1,6-10,13-19H2,2-5H3/b22-11+,23-12+/t21-,24+,25-,26+,27?,29-/m1/s1. The summed E-state index contributed by atoms with van der Waals surface area (Å²) in [5.74, 6) is 2.29. The molecule has 3 saturated carbocycles. The molecule has 1 heterocycles. The summed E-state index contributed by atoms with van der Waals surface area (Å²) in [7, 11) is 0. The lowest BCUT2D eigenvalue weighted by Gasteiger charge is -2.44. The normalized spacial score (nSPS) is 38.8. The van der Waals surface area contributed by atoms with Gasteiger partial charge < -0.3 is 14.6 Å². The number of epoxide rings is 1. The van der Waals surface area contributed by atoms with Crippen LogP contribution in [0.5, 0.6) is 0 Å². The highest BCUT2D eigenvalue weighted by Crippen LogP contribution is 2.60. The average Bonchev–Trinajstić information content (AvgIpc) is 3.45.